The lowest BCUT2D eigenvalue weighted by atomic mass is 10.0. The average Bonchev–Trinajstić information content (AvgIpc) is 3.34. The van der Waals surface area contributed by atoms with E-state index in [0.29, 0.717) is 19.3 Å². The van der Waals surface area contributed by atoms with Crippen LogP contribution in [0, 0.1) is 0 Å². The highest BCUT2D eigenvalue weighted by Gasteiger charge is 2.19. The lowest BCUT2D eigenvalue weighted by Gasteiger charge is -2.18. The van der Waals surface area contributed by atoms with Crippen molar-refractivity contribution in [1.29, 1.82) is 0 Å². The van der Waals surface area contributed by atoms with E-state index in [0.717, 1.165) is 83.5 Å². The zero-order chi connectivity index (χ0) is 49.3. The summed E-state index contributed by atoms with van der Waals surface area (Å²) in [4.78, 5) is 38.0. The highest BCUT2D eigenvalue weighted by molar-refractivity contribution is 5.71. The minimum atomic E-state index is -0.839. The molecule has 0 N–H and O–H groups in total. The van der Waals surface area contributed by atoms with Gasteiger partial charge in [0.2, 0.25) is 0 Å². The Kier molecular flexibility index (Phi) is 52.0. The van der Waals surface area contributed by atoms with E-state index in [2.05, 4.69) is 118 Å². The van der Waals surface area contributed by atoms with Gasteiger partial charge in [-0.25, -0.2) is 0 Å². The Morgan fingerprint density at radius 2 is 0.574 bits per heavy atom. The van der Waals surface area contributed by atoms with Crippen LogP contribution in [0.3, 0.4) is 0 Å². The Hall–Kier alpha value is -4.19. The fourth-order valence-electron chi connectivity index (χ4n) is 7.19. The van der Waals surface area contributed by atoms with E-state index in [-0.39, 0.29) is 44.0 Å². The molecule has 0 aliphatic rings. The zero-order valence-electron chi connectivity index (χ0n) is 43.8. The number of carbonyl (C=O) groups is 3. The van der Waals surface area contributed by atoms with Crippen LogP contribution in [0.2, 0.25) is 0 Å². The van der Waals surface area contributed by atoms with Crippen LogP contribution in [0.4, 0.5) is 0 Å². The molecule has 0 aliphatic heterocycles. The normalized spacial score (nSPS) is 13.0. The molecule has 0 heterocycles. The maximum absolute atomic E-state index is 12.8. The van der Waals surface area contributed by atoms with Gasteiger partial charge >= 0.3 is 17.9 Å². The third-order valence-electron chi connectivity index (χ3n) is 11.2. The van der Waals surface area contributed by atoms with Crippen molar-refractivity contribution in [2.24, 2.45) is 0 Å². The molecular formula is C62H100O6. The molecule has 0 radical (unpaired) electrons. The molecule has 0 aromatic rings. The molecule has 0 aromatic carbocycles. The van der Waals surface area contributed by atoms with Gasteiger partial charge < -0.3 is 14.2 Å². The summed E-state index contributed by atoms with van der Waals surface area (Å²) in [5.41, 5.74) is 0. The van der Waals surface area contributed by atoms with Crippen molar-refractivity contribution >= 4 is 17.9 Å². The van der Waals surface area contributed by atoms with Crippen LogP contribution in [-0.2, 0) is 28.6 Å². The summed E-state index contributed by atoms with van der Waals surface area (Å²) in [7, 11) is 0. The smallest absolute Gasteiger partial charge is 0.306 e. The van der Waals surface area contributed by atoms with Crippen molar-refractivity contribution in [3.63, 3.8) is 0 Å². The second kappa shape index (κ2) is 55.4. The minimum Gasteiger partial charge on any atom is -0.462 e. The van der Waals surface area contributed by atoms with Crippen LogP contribution >= 0.6 is 0 Å². The van der Waals surface area contributed by atoms with Gasteiger partial charge in [-0.15, -0.1) is 0 Å². The maximum Gasteiger partial charge on any atom is 0.306 e. The van der Waals surface area contributed by atoms with Gasteiger partial charge in [0.05, 0.1) is 0 Å². The van der Waals surface area contributed by atoms with Crippen LogP contribution < -0.4 is 0 Å². The first-order valence-electron chi connectivity index (χ1n) is 27.5. The number of allylic oxidation sites excluding steroid dienone is 20. The van der Waals surface area contributed by atoms with Crippen molar-refractivity contribution in [3.05, 3.63) is 122 Å². The lowest BCUT2D eigenvalue weighted by molar-refractivity contribution is -0.166. The summed E-state index contributed by atoms with van der Waals surface area (Å²) in [6.45, 7) is 6.28. The number of unbranched alkanes of at least 4 members (excludes halogenated alkanes) is 17. The van der Waals surface area contributed by atoms with Gasteiger partial charge in [-0.05, 0) is 83.5 Å². The Morgan fingerprint density at radius 1 is 0.309 bits per heavy atom. The number of ether oxygens (including phenoxy) is 3. The number of hydrogen-bond donors (Lipinski definition) is 0. The van der Waals surface area contributed by atoms with Gasteiger partial charge in [0.1, 0.15) is 13.2 Å². The molecule has 0 spiro atoms. The van der Waals surface area contributed by atoms with Crippen molar-refractivity contribution in [3.8, 4) is 0 Å². The molecular weight excluding hydrogens is 841 g/mol. The van der Waals surface area contributed by atoms with Crippen LogP contribution in [0.15, 0.2) is 122 Å². The fraction of sp³-hybridized carbons (Fsp3) is 0.629. The summed E-state index contributed by atoms with van der Waals surface area (Å²) < 4.78 is 16.7. The topological polar surface area (TPSA) is 78.9 Å². The highest BCUT2D eigenvalue weighted by Crippen LogP contribution is 2.15. The van der Waals surface area contributed by atoms with Crippen molar-refractivity contribution < 1.29 is 28.6 Å². The monoisotopic (exact) mass is 941 g/mol. The van der Waals surface area contributed by atoms with Gasteiger partial charge in [0.15, 0.2) is 6.10 Å². The summed E-state index contributed by atoms with van der Waals surface area (Å²) >= 11 is 0. The van der Waals surface area contributed by atoms with Crippen molar-refractivity contribution in [2.45, 2.75) is 239 Å². The molecule has 0 aromatic heterocycles. The van der Waals surface area contributed by atoms with Crippen molar-refractivity contribution in [2.75, 3.05) is 13.2 Å². The van der Waals surface area contributed by atoms with Crippen LogP contribution in [-0.4, -0.2) is 37.2 Å². The quantitative estimate of drug-likeness (QED) is 0.0262. The highest BCUT2D eigenvalue weighted by atomic mass is 16.6. The third-order valence-corrected chi connectivity index (χ3v) is 11.2. The van der Waals surface area contributed by atoms with E-state index >= 15 is 0 Å². The van der Waals surface area contributed by atoms with E-state index in [9.17, 15) is 14.4 Å². The largest absolute Gasteiger partial charge is 0.462 e. The predicted octanol–water partition coefficient (Wildman–Crippen LogP) is 18.5. The lowest BCUT2D eigenvalue weighted by Crippen LogP contribution is -2.30. The zero-order valence-corrected chi connectivity index (χ0v) is 43.8. The second-order valence-corrected chi connectivity index (χ2v) is 17.7. The molecule has 0 aliphatic carbocycles. The van der Waals surface area contributed by atoms with Crippen LogP contribution in [0.1, 0.15) is 233 Å². The number of rotatable bonds is 48. The van der Waals surface area contributed by atoms with E-state index in [4.69, 9.17) is 14.2 Å². The van der Waals surface area contributed by atoms with Crippen LogP contribution in [0.5, 0.6) is 0 Å². The molecule has 0 rings (SSSR count). The number of hydrogen-bond acceptors (Lipinski definition) is 6. The first kappa shape index (κ1) is 63.8. The fourth-order valence-corrected chi connectivity index (χ4v) is 7.19. The summed E-state index contributed by atoms with van der Waals surface area (Å²) in [6.07, 6.45) is 76.5. The summed E-state index contributed by atoms with van der Waals surface area (Å²) in [5, 5.41) is 0. The first-order valence-corrected chi connectivity index (χ1v) is 27.5. The molecule has 0 bridgehead atoms. The van der Waals surface area contributed by atoms with Gasteiger partial charge in [0, 0.05) is 19.3 Å². The van der Waals surface area contributed by atoms with E-state index in [1.807, 2.05) is 24.3 Å². The molecule has 384 valence electrons. The second-order valence-electron chi connectivity index (χ2n) is 17.7. The SMILES string of the molecule is CC/C=C\C/C=C\C/C=C\C/C=C\C/C=C\C/C=C\CCC(=O)OCC(COC(=O)CC/C=C\C/C=C\C/C=C\C/C=C\CC)OC(=O)CCCCCCCCCCCCCCCCCCCC. The minimum absolute atomic E-state index is 0.141. The predicted molar refractivity (Wildman–Crippen MR) is 293 cm³/mol. The van der Waals surface area contributed by atoms with Gasteiger partial charge in [-0.1, -0.05) is 251 Å². The Balaban J connectivity index is 4.55. The maximum atomic E-state index is 12.8. The van der Waals surface area contributed by atoms with Crippen molar-refractivity contribution in [1.82, 2.24) is 0 Å². The van der Waals surface area contributed by atoms with E-state index < -0.39 is 6.10 Å². The Labute approximate surface area is 418 Å². The Morgan fingerprint density at radius 3 is 0.868 bits per heavy atom. The first-order chi connectivity index (χ1) is 33.5. The average molecular weight is 941 g/mol. The molecule has 0 fully saturated rings. The molecule has 1 atom stereocenters. The Bertz CT molecular complexity index is 1450. The van der Waals surface area contributed by atoms with E-state index in [1.54, 1.807) is 0 Å². The molecule has 0 saturated heterocycles. The van der Waals surface area contributed by atoms with E-state index in [1.165, 1.54) is 96.3 Å². The molecule has 0 saturated carbocycles. The van der Waals surface area contributed by atoms with Gasteiger partial charge in [-0.3, -0.25) is 14.4 Å². The van der Waals surface area contributed by atoms with Gasteiger partial charge in [0.25, 0.3) is 0 Å². The summed E-state index contributed by atoms with van der Waals surface area (Å²) in [6, 6.07) is 0. The third kappa shape index (κ3) is 52.8. The molecule has 6 nitrogen and oxygen atoms in total. The number of esters is 3. The van der Waals surface area contributed by atoms with Crippen LogP contribution in [0.25, 0.3) is 0 Å². The summed E-state index contributed by atoms with van der Waals surface area (Å²) in [5.74, 6) is -1.10. The molecule has 68 heavy (non-hydrogen) atoms. The standard InChI is InChI=1S/C62H100O6/c1-4-7-10-13-16-19-22-25-27-29-31-33-34-37-40-43-46-49-52-55-61(64)67-58-59(57-66-60(63)54-51-48-45-42-39-36-24-21-18-15-12-9-6-3)68-62(65)56-53-50-47-44-41-38-35-32-30-28-26-23-20-17-14-11-8-5-2/h7,9-10,12,16,18-19,21,25,27,31,33,36-37,39-40,45-46,48-49,59H,4-6,8,11,13-15,17,20,22-24,26,28-30,32,34-35,38,41-44,47,50-58H2,1-3H3/b10-7-,12-9-,19-16-,21-18-,27-25-,33-31-,39-36-,40-37-,48-45-,49-46-. The van der Waals surface area contributed by atoms with Gasteiger partial charge in [-0.2, -0.15) is 0 Å². The number of carbonyl (C=O) groups excluding carboxylic acids is 3. The molecule has 1 unspecified atom stereocenters. The molecule has 6 heteroatoms. The molecule has 0 amide bonds.